The lowest BCUT2D eigenvalue weighted by Gasteiger charge is -2.25. The summed E-state index contributed by atoms with van der Waals surface area (Å²) in [5.41, 5.74) is 2.52. The van der Waals surface area contributed by atoms with Gasteiger partial charge in [-0.1, -0.05) is 30.5 Å². The molecule has 0 unspecified atom stereocenters. The Labute approximate surface area is 118 Å². The van der Waals surface area contributed by atoms with E-state index in [1.165, 1.54) is 0 Å². The third-order valence-corrected chi connectivity index (χ3v) is 4.13. The first-order valence-electron chi connectivity index (χ1n) is 7.24. The first-order chi connectivity index (χ1) is 9.63. The third-order valence-electron chi connectivity index (χ3n) is 4.13. The van der Waals surface area contributed by atoms with Crippen LogP contribution in [0.15, 0.2) is 18.2 Å². The Morgan fingerprint density at radius 3 is 2.80 bits per heavy atom. The largest absolute Gasteiger partial charge is 0.448 e. The summed E-state index contributed by atoms with van der Waals surface area (Å²) in [5, 5.41) is 3.00. The maximum atomic E-state index is 12.2. The van der Waals surface area contributed by atoms with Crippen LogP contribution >= 0.6 is 0 Å². The summed E-state index contributed by atoms with van der Waals surface area (Å²) in [6.45, 7) is 1.94. The topological polar surface area (TPSA) is 55.4 Å². The molecule has 1 atom stereocenters. The average molecular weight is 273 g/mol. The number of amides is 1. The van der Waals surface area contributed by atoms with Gasteiger partial charge in [0.1, 0.15) is 0 Å². The van der Waals surface area contributed by atoms with Crippen LogP contribution in [0.2, 0.25) is 0 Å². The van der Waals surface area contributed by atoms with Crippen molar-refractivity contribution in [2.45, 2.75) is 51.2 Å². The molecule has 1 aliphatic carbocycles. The summed E-state index contributed by atoms with van der Waals surface area (Å²) in [6, 6.07) is 5.95. The summed E-state index contributed by atoms with van der Waals surface area (Å²) in [6.07, 6.45) is 4.18. The Hall–Kier alpha value is -1.84. The first-order valence-corrected chi connectivity index (χ1v) is 7.24. The van der Waals surface area contributed by atoms with E-state index in [-0.39, 0.29) is 17.9 Å². The monoisotopic (exact) mass is 273 g/mol. The molecule has 1 aliphatic heterocycles. The number of carbonyl (C=O) groups excluding carboxylic acids is 2. The summed E-state index contributed by atoms with van der Waals surface area (Å²) >= 11 is 0. The lowest BCUT2D eigenvalue weighted by molar-refractivity contribution is -0.131. The highest BCUT2D eigenvalue weighted by molar-refractivity contribution is 5.96. The second kappa shape index (κ2) is 5.27. The van der Waals surface area contributed by atoms with Gasteiger partial charge in [-0.15, -0.1) is 0 Å². The van der Waals surface area contributed by atoms with Crippen LogP contribution in [0.5, 0.6) is 0 Å². The Kier molecular flexibility index (Phi) is 3.47. The summed E-state index contributed by atoms with van der Waals surface area (Å²) in [4.78, 5) is 24.2. The van der Waals surface area contributed by atoms with E-state index in [9.17, 15) is 9.59 Å². The third kappa shape index (κ3) is 2.55. The van der Waals surface area contributed by atoms with E-state index in [1.807, 2.05) is 25.1 Å². The molecule has 1 aromatic carbocycles. The number of ether oxygens (including phenoxy) is 1. The minimum Gasteiger partial charge on any atom is -0.448 e. The molecule has 1 fully saturated rings. The summed E-state index contributed by atoms with van der Waals surface area (Å²) in [7, 11) is 0. The molecule has 1 N–H and O–H groups in total. The van der Waals surface area contributed by atoms with Crippen LogP contribution in [0.3, 0.4) is 0 Å². The SMILES string of the molecule is Cc1ccc2c(c1)C(=O)O[C@@H](C(=O)NC1CCCC1)C2. The normalized spacial score (nSPS) is 22.2. The standard InChI is InChI=1S/C16H19NO3/c1-10-6-7-11-9-14(20-16(19)13(11)8-10)15(18)17-12-4-2-3-5-12/h6-8,12,14H,2-5,9H2,1H3,(H,17,18)/t14-/m1/s1. The number of benzene rings is 1. The Morgan fingerprint density at radius 1 is 1.30 bits per heavy atom. The van der Waals surface area contributed by atoms with Crippen molar-refractivity contribution in [3.05, 3.63) is 34.9 Å². The van der Waals surface area contributed by atoms with E-state index in [2.05, 4.69) is 5.32 Å². The first kappa shape index (κ1) is 13.2. The minimum atomic E-state index is -0.682. The lowest BCUT2D eigenvalue weighted by atomic mass is 9.96. The van der Waals surface area contributed by atoms with Gasteiger partial charge in [0.2, 0.25) is 0 Å². The lowest BCUT2D eigenvalue weighted by Crippen LogP contribution is -2.45. The van der Waals surface area contributed by atoms with Gasteiger partial charge in [-0.3, -0.25) is 4.79 Å². The Bertz CT molecular complexity index is 547. The van der Waals surface area contributed by atoms with Crippen LogP contribution in [-0.2, 0) is 16.0 Å². The van der Waals surface area contributed by atoms with Crippen molar-refractivity contribution in [3.8, 4) is 0 Å². The Morgan fingerprint density at radius 2 is 2.05 bits per heavy atom. The van der Waals surface area contributed by atoms with Crippen molar-refractivity contribution >= 4 is 11.9 Å². The average Bonchev–Trinajstić information content (AvgIpc) is 2.92. The second-order valence-corrected chi connectivity index (χ2v) is 5.75. The van der Waals surface area contributed by atoms with E-state index in [0.29, 0.717) is 12.0 Å². The number of esters is 1. The van der Waals surface area contributed by atoms with Crippen LogP contribution in [0.4, 0.5) is 0 Å². The zero-order valence-electron chi connectivity index (χ0n) is 11.6. The highest BCUT2D eigenvalue weighted by atomic mass is 16.5. The minimum absolute atomic E-state index is 0.156. The highest BCUT2D eigenvalue weighted by Crippen LogP contribution is 2.23. The highest BCUT2D eigenvalue weighted by Gasteiger charge is 2.32. The van der Waals surface area contributed by atoms with Crippen molar-refractivity contribution < 1.29 is 14.3 Å². The number of cyclic esters (lactones) is 1. The number of hydrogen-bond acceptors (Lipinski definition) is 3. The van der Waals surface area contributed by atoms with E-state index < -0.39 is 6.10 Å². The molecular formula is C16H19NO3. The summed E-state index contributed by atoms with van der Waals surface area (Å²) in [5.74, 6) is -0.544. The maximum Gasteiger partial charge on any atom is 0.339 e. The number of nitrogens with one attached hydrogen (secondary N) is 1. The van der Waals surface area contributed by atoms with Crippen LogP contribution in [-0.4, -0.2) is 24.0 Å². The van der Waals surface area contributed by atoms with Crippen molar-refractivity contribution in [1.29, 1.82) is 0 Å². The molecule has 106 valence electrons. The van der Waals surface area contributed by atoms with Gasteiger partial charge in [0.05, 0.1) is 5.56 Å². The second-order valence-electron chi connectivity index (χ2n) is 5.75. The van der Waals surface area contributed by atoms with Crippen LogP contribution in [0.1, 0.15) is 47.2 Å². The number of rotatable bonds is 2. The zero-order valence-corrected chi connectivity index (χ0v) is 11.6. The quantitative estimate of drug-likeness (QED) is 0.840. The van der Waals surface area contributed by atoms with Crippen LogP contribution < -0.4 is 5.32 Å². The molecule has 0 spiro atoms. The molecule has 0 saturated heterocycles. The maximum absolute atomic E-state index is 12.2. The number of fused-ring (bicyclic) bond motifs is 1. The molecule has 1 amide bonds. The van der Waals surface area contributed by atoms with Gasteiger partial charge in [-0.2, -0.15) is 0 Å². The van der Waals surface area contributed by atoms with Crippen molar-refractivity contribution in [2.24, 2.45) is 0 Å². The smallest absolute Gasteiger partial charge is 0.339 e. The fourth-order valence-electron chi connectivity index (χ4n) is 3.00. The van der Waals surface area contributed by atoms with Gasteiger partial charge < -0.3 is 10.1 Å². The van der Waals surface area contributed by atoms with Gasteiger partial charge in [-0.05, 0) is 31.4 Å². The molecule has 1 heterocycles. The van der Waals surface area contributed by atoms with E-state index in [1.54, 1.807) is 0 Å². The molecular weight excluding hydrogens is 254 g/mol. The molecule has 0 aromatic heterocycles. The number of hydrogen-bond donors (Lipinski definition) is 1. The predicted molar refractivity (Wildman–Crippen MR) is 74.5 cm³/mol. The van der Waals surface area contributed by atoms with Gasteiger partial charge in [0.25, 0.3) is 5.91 Å². The van der Waals surface area contributed by atoms with Gasteiger partial charge >= 0.3 is 5.97 Å². The van der Waals surface area contributed by atoms with Crippen molar-refractivity contribution in [2.75, 3.05) is 0 Å². The molecule has 2 aliphatic rings. The van der Waals surface area contributed by atoms with E-state index in [4.69, 9.17) is 4.74 Å². The number of carbonyl (C=O) groups is 2. The van der Waals surface area contributed by atoms with E-state index in [0.717, 1.165) is 36.8 Å². The van der Waals surface area contributed by atoms with Crippen LogP contribution in [0.25, 0.3) is 0 Å². The molecule has 20 heavy (non-hydrogen) atoms. The van der Waals surface area contributed by atoms with Crippen LogP contribution in [0, 0.1) is 6.92 Å². The summed E-state index contributed by atoms with van der Waals surface area (Å²) < 4.78 is 5.29. The van der Waals surface area contributed by atoms with Crippen molar-refractivity contribution in [1.82, 2.24) is 5.32 Å². The molecule has 1 aromatic rings. The van der Waals surface area contributed by atoms with Gasteiger partial charge in [0.15, 0.2) is 6.10 Å². The molecule has 4 heteroatoms. The number of aryl methyl sites for hydroxylation is 1. The Balaban J connectivity index is 1.72. The molecule has 4 nitrogen and oxygen atoms in total. The molecule has 1 saturated carbocycles. The molecule has 0 bridgehead atoms. The van der Waals surface area contributed by atoms with Gasteiger partial charge in [0, 0.05) is 12.5 Å². The van der Waals surface area contributed by atoms with E-state index >= 15 is 0 Å². The molecule has 0 radical (unpaired) electrons. The van der Waals surface area contributed by atoms with Crippen molar-refractivity contribution in [3.63, 3.8) is 0 Å². The fraction of sp³-hybridized carbons (Fsp3) is 0.500. The fourth-order valence-corrected chi connectivity index (χ4v) is 3.00. The van der Waals surface area contributed by atoms with Gasteiger partial charge in [-0.25, -0.2) is 4.79 Å². The zero-order chi connectivity index (χ0) is 14.1. The predicted octanol–water partition coefficient (Wildman–Crippen LogP) is 2.14. The molecule has 3 rings (SSSR count).